The molecule has 1 amide bonds. The van der Waals surface area contributed by atoms with Gasteiger partial charge in [-0.2, -0.15) is 14.6 Å². The number of aromatic nitrogens is 4. The number of nitrogens with one attached hydrogen (secondary N) is 1. The highest BCUT2D eigenvalue weighted by atomic mass is 16.2. The van der Waals surface area contributed by atoms with Crippen LogP contribution in [0.3, 0.4) is 0 Å². The van der Waals surface area contributed by atoms with Crippen molar-refractivity contribution in [2.75, 3.05) is 18.4 Å². The number of hydrogen-bond acceptors (Lipinski definition) is 5. The van der Waals surface area contributed by atoms with Crippen molar-refractivity contribution in [3.05, 3.63) is 54.0 Å². The van der Waals surface area contributed by atoms with E-state index in [4.69, 9.17) is 0 Å². The molecule has 1 aliphatic rings. The molecule has 0 aliphatic carbocycles. The summed E-state index contributed by atoms with van der Waals surface area (Å²) in [6.07, 6.45) is 3.07. The number of fused-ring (bicyclic) bond motifs is 1. The lowest BCUT2D eigenvalue weighted by atomic mass is 10.1. The van der Waals surface area contributed by atoms with Crippen LogP contribution in [-0.2, 0) is 4.79 Å². The highest BCUT2D eigenvalue weighted by molar-refractivity contribution is 5.78. The minimum absolute atomic E-state index is 0.0301. The number of nitrogens with zero attached hydrogens (tertiary/aromatic N) is 5. The Balaban J connectivity index is 1.67. The summed E-state index contributed by atoms with van der Waals surface area (Å²) in [6.45, 7) is 3.37. The summed E-state index contributed by atoms with van der Waals surface area (Å²) in [4.78, 5) is 22.6. The second-order valence-corrected chi connectivity index (χ2v) is 6.31. The molecule has 1 unspecified atom stereocenters. The van der Waals surface area contributed by atoms with Gasteiger partial charge < -0.3 is 10.2 Å². The van der Waals surface area contributed by atoms with Crippen molar-refractivity contribution in [2.45, 2.75) is 25.8 Å². The maximum absolute atomic E-state index is 12.1. The number of carbonyl (C=O) groups excluding carboxylic acids is 1. The second kappa shape index (κ2) is 6.51. The zero-order valence-corrected chi connectivity index (χ0v) is 14.1. The second-order valence-electron chi connectivity index (χ2n) is 6.31. The SMILES string of the molecule is Cc1cc(NC(CN2CCCC2=O)c2ccccc2)n2ncnc2n1. The first kappa shape index (κ1) is 15.6. The van der Waals surface area contributed by atoms with Crippen LogP contribution in [0.5, 0.6) is 0 Å². The Morgan fingerprint density at radius 2 is 2.12 bits per heavy atom. The summed E-state index contributed by atoms with van der Waals surface area (Å²) in [6, 6.07) is 12.1. The van der Waals surface area contributed by atoms with Gasteiger partial charge in [0.2, 0.25) is 5.91 Å². The Kier molecular flexibility index (Phi) is 4.05. The van der Waals surface area contributed by atoms with E-state index in [1.54, 1.807) is 4.52 Å². The van der Waals surface area contributed by atoms with Crippen molar-refractivity contribution < 1.29 is 4.79 Å². The Bertz CT molecular complexity index is 891. The number of anilines is 1. The molecule has 4 rings (SSSR count). The fraction of sp³-hybridized carbons (Fsp3) is 0.333. The van der Waals surface area contributed by atoms with Crippen molar-refractivity contribution in [3.8, 4) is 0 Å². The van der Waals surface area contributed by atoms with Gasteiger partial charge in [0, 0.05) is 31.3 Å². The number of likely N-dealkylation sites (tertiary alicyclic amines) is 1. The fourth-order valence-corrected chi connectivity index (χ4v) is 3.25. The molecule has 128 valence electrons. The summed E-state index contributed by atoms with van der Waals surface area (Å²) in [5.74, 6) is 1.60. The van der Waals surface area contributed by atoms with E-state index in [2.05, 4.69) is 32.5 Å². The van der Waals surface area contributed by atoms with Crippen LogP contribution in [0.4, 0.5) is 5.82 Å². The molecule has 2 aromatic heterocycles. The van der Waals surface area contributed by atoms with Crippen LogP contribution >= 0.6 is 0 Å². The van der Waals surface area contributed by atoms with Crippen molar-refractivity contribution in [1.29, 1.82) is 0 Å². The van der Waals surface area contributed by atoms with E-state index in [9.17, 15) is 4.79 Å². The largest absolute Gasteiger partial charge is 0.361 e. The number of hydrogen-bond donors (Lipinski definition) is 1. The lowest BCUT2D eigenvalue weighted by molar-refractivity contribution is -0.127. The minimum atomic E-state index is -0.0301. The maximum Gasteiger partial charge on any atom is 0.254 e. The molecule has 1 aromatic carbocycles. The van der Waals surface area contributed by atoms with E-state index in [0.717, 1.165) is 30.0 Å². The molecule has 0 saturated carbocycles. The van der Waals surface area contributed by atoms with Gasteiger partial charge in [-0.15, -0.1) is 0 Å². The average Bonchev–Trinajstić information content (AvgIpc) is 3.24. The summed E-state index contributed by atoms with van der Waals surface area (Å²) >= 11 is 0. The van der Waals surface area contributed by atoms with E-state index in [1.807, 2.05) is 36.1 Å². The molecule has 7 heteroatoms. The van der Waals surface area contributed by atoms with E-state index in [-0.39, 0.29) is 11.9 Å². The molecule has 0 spiro atoms. The first-order valence-corrected chi connectivity index (χ1v) is 8.47. The van der Waals surface area contributed by atoms with E-state index >= 15 is 0 Å². The highest BCUT2D eigenvalue weighted by Crippen LogP contribution is 2.23. The number of amides is 1. The van der Waals surface area contributed by atoms with Crippen LogP contribution in [0.15, 0.2) is 42.7 Å². The summed E-state index contributed by atoms with van der Waals surface area (Å²) in [7, 11) is 0. The molecule has 3 heterocycles. The van der Waals surface area contributed by atoms with Crippen LogP contribution in [0.1, 0.15) is 30.1 Å². The van der Waals surface area contributed by atoms with Gasteiger partial charge in [-0.25, -0.2) is 4.98 Å². The molecule has 0 bridgehead atoms. The normalized spacial score (nSPS) is 15.7. The highest BCUT2D eigenvalue weighted by Gasteiger charge is 2.25. The molecular formula is C18H20N6O. The molecule has 1 aliphatic heterocycles. The standard InChI is InChI=1S/C18H20N6O/c1-13-10-16(24-18(21-13)19-12-20-24)22-15(14-6-3-2-4-7-14)11-23-9-5-8-17(23)25/h2-4,6-7,10,12,15,22H,5,8-9,11H2,1H3. The van der Waals surface area contributed by atoms with Gasteiger partial charge in [-0.3, -0.25) is 4.79 Å². The Hall–Kier alpha value is -2.96. The van der Waals surface area contributed by atoms with Gasteiger partial charge in [0.1, 0.15) is 12.1 Å². The monoisotopic (exact) mass is 336 g/mol. The third-order valence-electron chi connectivity index (χ3n) is 4.48. The van der Waals surface area contributed by atoms with E-state index < -0.39 is 0 Å². The molecule has 1 fully saturated rings. The van der Waals surface area contributed by atoms with Gasteiger partial charge in [-0.1, -0.05) is 30.3 Å². The summed E-state index contributed by atoms with van der Waals surface area (Å²) in [5, 5.41) is 7.79. The number of aryl methyl sites for hydroxylation is 1. The molecule has 25 heavy (non-hydrogen) atoms. The first-order valence-electron chi connectivity index (χ1n) is 8.47. The lowest BCUT2D eigenvalue weighted by Gasteiger charge is -2.26. The zero-order chi connectivity index (χ0) is 17.2. The van der Waals surface area contributed by atoms with Gasteiger partial charge in [0.15, 0.2) is 0 Å². The lowest BCUT2D eigenvalue weighted by Crippen LogP contribution is -2.33. The summed E-state index contributed by atoms with van der Waals surface area (Å²) in [5.41, 5.74) is 2.00. The average molecular weight is 336 g/mol. The van der Waals surface area contributed by atoms with Crippen LogP contribution in [0, 0.1) is 6.92 Å². The van der Waals surface area contributed by atoms with Crippen molar-refractivity contribution >= 4 is 17.5 Å². The predicted octanol–water partition coefficient (Wildman–Crippen LogP) is 2.21. The van der Waals surface area contributed by atoms with Gasteiger partial charge in [-0.05, 0) is 18.9 Å². The van der Waals surface area contributed by atoms with Crippen molar-refractivity contribution in [1.82, 2.24) is 24.5 Å². The number of benzene rings is 1. The predicted molar refractivity (Wildman–Crippen MR) is 94.1 cm³/mol. The molecule has 1 saturated heterocycles. The Morgan fingerprint density at radius 1 is 1.28 bits per heavy atom. The van der Waals surface area contributed by atoms with Gasteiger partial charge in [0.25, 0.3) is 5.78 Å². The molecule has 7 nitrogen and oxygen atoms in total. The van der Waals surface area contributed by atoms with E-state index in [1.165, 1.54) is 6.33 Å². The third-order valence-corrected chi connectivity index (χ3v) is 4.48. The van der Waals surface area contributed by atoms with Crippen LogP contribution in [-0.4, -0.2) is 43.5 Å². The molecule has 0 radical (unpaired) electrons. The van der Waals surface area contributed by atoms with E-state index in [0.29, 0.717) is 18.7 Å². The van der Waals surface area contributed by atoms with Crippen molar-refractivity contribution in [3.63, 3.8) is 0 Å². The topological polar surface area (TPSA) is 75.4 Å². The smallest absolute Gasteiger partial charge is 0.254 e. The van der Waals surface area contributed by atoms with Crippen LogP contribution in [0.2, 0.25) is 0 Å². The van der Waals surface area contributed by atoms with Crippen molar-refractivity contribution in [2.24, 2.45) is 0 Å². The Morgan fingerprint density at radius 3 is 2.88 bits per heavy atom. The number of rotatable bonds is 5. The minimum Gasteiger partial charge on any atom is -0.361 e. The molecular weight excluding hydrogens is 316 g/mol. The zero-order valence-electron chi connectivity index (χ0n) is 14.1. The molecule has 3 aromatic rings. The Labute approximate surface area is 145 Å². The summed E-state index contributed by atoms with van der Waals surface area (Å²) < 4.78 is 1.69. The van der Waals surface area contributed by atoms with Gasteiger partial charge >= 0.3 is 0 Å². The van der Waals surface area contributed by atoms with Crippen LogP contribution < -0.4 is 5.32 Å². The van der Waals surface area contributed by atoms with Gasteiger partial charge in [0.05, 0.1) is 6.04 Å². The quantitative estimate of drug-likeness (QED) is 0.773. The third kappa shape index (κ3) is 3.17. The van der Waals surface area contributed by atoms with Crippen LogP contribution in [0.25, 0.3) is 5.78 Å². The molecule has 1 N–H and O–H groups in total. The molecule has 1 atom stereocenters. The first-order chi connectivity index (χ1) is 12.2. The number of carbonyl (C=O) groups is 1. The maximum atomic E-state index is 12.1. The fourth-order valence-electron chi connectivity index (χ4n) is 3.25.